The van der Waals surface area contributed by atoms with Crippen molar-refractivity contribution in [2.75, 3.05) is 19.7 Å². The normalized spacial score (nSPS) is 21.7. The lowest BCUT2D eigenvalue weighted by atomic mass is 10.1. The van der Waals surface area contributed by atoms with E-state index in [1.807, 2.05) is 12.3 Å². The average Bonchev–Trinajstić information content (AvgIpc) is 3.08. The van der Waals surface area contributed by atoms with Gasteiger partial charge in [0.2, 0.25) is 0 Å². The fourth-order valence-electron chi connectivity index (χ4n) is 2.93. The van der Waals surface area contributed by atoms with E-state index in [0.717, 1.165) is 32.4 Å². The molecule has 0 aromatic heterocycles. The molecule has 124 valence electrons. The molecule has 3 rings (SSSR count). The van der Waals surface area contributed by atoms with Crippen LogP contribution < -0.4 is 4.74 Å². The van der Waals surface area contributed by atoms with Crippen LogP contribution in [0.15, 0.2) is 24.4 Å². The highest BCUT2D eigenvalue weighted by Gasteiger charge is 2.18. The summed E-state index contributed by atoms with van der Waals surface area (Å²) >= 11 is 0. The number of nitro benzene ring substituents is 1. The fourth-order valence-corrected chi connectivity index (χ4v) is 2.93. The molecule has 2 aliphatic heterocycles. The maximum absolute atomic E-state index is 11.3. The lowest BCUT2D eigenvalue weighted by Gasteiger charge is -2.23. The third-order valence-corrected chi connectivity index (χ3v) is 4.21. The van der Waals surface area contributed by atoms with Crippen LogP contribution in [-0.2, 0) is 4.74 Å². The molecule has 6 heteroatoms. The maximum Gasteiger partial charge on any atom is 0.280 e. The Morgan fingerprint density at radius 3 is 2.78 bits per heavy atom. The van der Waals surface area contributed by atoms with Crippen molar-refractivity contribution >= 4 is 11.8 Å². The van der Waals surface area contributed by atoms with Crippen LogP contribution in [0, 0.1) is 10.1 Å². The molecule has 0 amide bonds. The van der Waals surface area contributed by atoms with Gasteiger partial charge in [-0.05, 0) is 50.1 Å². The first-order valence-corrected chi connectivity index (χ1v) is 8.21. The second-order valence-corrected chi connectivity index (χ2v) is 5.95. The van der Waals surface area contributed by atoms with Gasteiger partial charge in [0.1, 0.15) is 5.75 Å². The number of nitro groups is 1. The first kappa shape index (κ1) is 15.8. The third kappa shape index (κ3) is 4.22. The Morgan fingerprint density at radius 1 is 1.26 bits per heavy atom. The minimum atomic E-state index is -0.363. The Morgan fingerprint density at radius 2 is 2.09 bits per heavy atom. The summed E-state index contributed by atoms with van der Waals surface area (Å²) in [6.07, 6.45) is 8.74. The average molecular weight is 318 g/mol. The summed E-state index contributed by atoms with van der Waals surface area (Å²) in [6.45, 7) is 2.72. The Kier molecular flexibility index (Phi) is 5.12. The summed E-state index contributed by atoms with van der Waals surface area (Å²) < 4.78 is 11.2. The molecule has 2 fully saturated rings. The summed E-state index contributed by atoms with van der Waals surface area (Å²) in [5, 5.41) is 11.3. The third-order valence-electron chi connectivity index (χ3n) is 4.21. The number of benzene rings is 1. The van der Waals surface area contributed by atoms with E-state index in [4.69, 9.17) is 9.47 Å². The van der Waals surface area contributed by atoms with E-state index in [0.29, 0.717) is 17.9 Å². The first-order chi connectivity index (χ1) is 11.2. The minimum Gasteiger partial charge on any atom is -0.465 e. The van der Waals surface area contributed by atoms with Gasteiger partial charge in [-0.25, -0.2) is 0 Å². The summed E-state index contributed by atoms with van der Waals surface area (Å²) in [6, 6.07) is 5.00. The van der Waals surface area contributed by atoms with Crippen molar-refractivity contribution in [2.24, 2.45) is 0 Å². The molecule has 2 saturated heterocycles. The van der Waals surface area contributed by atoms with Crippen LogP contribution in [0.4, 0.5) is 5.69 Å². The van der Waals surface area contributed by atoms with Gasteiger partial charge in [-0.1, -0.05) is 0 Å². The second-order valence-electron chi connectivity index (χ2n) is 5.95. The Bertz CT molecular complexity index is 576. The van der Waals surface area contributed by atoms with Gasteiger partial charge in [-0.2, -0.15) is 0 Å². The van der Waals surface area contributed by atoms with Gasteiger partial charge in [-0.3, -0.25) is 10.1 Å². The highest BCUT2D eigenvalue weighted by molar-refractivity contribution is 5.62. The zero-order valence-electron chi connectivity index (χ0n) is 13.1. The van der Waals surface area contributed by atoms with E-state index < -0.39 is 0 Å². The van der Waals surface area contributed by atoms with E-state index in [1.54, 1.807) is 12.1 Å². The molecule has 1 atom stereocenters. The summed E-state index contributed by atoms with van der Waals surface area (Å²) in [5.74, 6) is 0.488. The van der Waals surface area contributed by atoms with Gasteiger partial charge in [-0.15, -0.1) is 0 Å². The number of nitrogens with zero attached hydrogens (tertiary/aromatic N) is 2. The number of rotatable bonds is 5. The van der Waals surface area contributed by atoms with Crippen LogP contribution in [0.3, 0.4) is 0 Å². The van der Waals surface area contributed by atoms with Gasteiger partial charge in [0.15, 0.2) is 6.29 Å². The topological polar surface area (TPSA) is 64.8 Å². The van der Waals surface area contributed by atoms with Crippen molar-refractivity contribution in [3.8, 4) is 5.75 Å². The number of likely N-dealkylation sites (tertiary alicyclic amines) is 1. The molecule has 0 spiro atoms. The van der Waals surface area contributed by atoms with Crippen molar-refractivity contribution in [2.45, 2.75) is 38.4 Å². The molecule has 2 aliphatic rings. The summed E-state index contributed by atoms with van der Waals surface area (Å²) in [4.78, 5) is 13.2. The largest absolute Gasteiger partial charge is 0.465 e. The Labute approximate surface area is 135 Å². The van der Waals surface area contributed by atoms with Crippen molar-refractivity contribution in [1.82, 2.24) is 4.90 Å². The molecule has 23 heavy (non-hydrogen) atoms. The van der Waals surface area contributed by atoms with Gasteiger partial charge in [0, 0.05) is 19.5 Å². The van der Waals surface area contributed by atoms with E-state index in [2.05, 4.69) is 4.90 Å². The molecule has 0 saturated carbocycles. The lowest BCUT2D eigenvalue weighted by Crippen LogP contribution is -2.25. The van der Waals surface area contributed by atoms with Crippen molar-refractivity contribution < 1.29 is 14.4 Å². The monoisotopic (exact) mass is 318 g/mol. The SMILES string of the molecule is O=[N+]([O-])c1cc(OC2CCCCO2)ccc1C=CN1CCCC1. The first-order valence-electron chi connectivity index (χ1n) is 8.21. The number of hydrogen-bond acceptors (Lipinski definition) is 5. The number of hydrogen-bond donors (Lipinski definition) is 0. The van der Waals surface area contributed by atoms with E-state index >= 15 is 0 Å². The van der Waals surface area contributed by atoms with E-state index in [-0.39, 0.29) is 16.9 Å². The second kappa shape index (κ2) is 7.46. The molecule has 2 heterocycles. The fraction of sp³-hybridized carbons (Fsp3) is 0.529. The molecule has 0 bridgehead atoms. The zero-order valence-corrected chi connectivity index (χ0v) is 13.1. The molecule has 1 unspecified atom stereocenters. The molecule has 0 N–H and O–H groups in total. The Hall–Kier alpha value is -2.08. The predicted molar refractivity (Wildman–Crippen MR) is 87.2 cm³/mol. The molecular formula is C17H22N2O4. The molecule has 1 aromatic carbocycles. The maximum atomic E-state index is 11.3. The molecule has 6 nitrogen and oxygen atoms in total. The predicted octanol–water partition coefficient (Wildman–Crippen LogP) is 3.57. The molecule has 0 aliphatic carbocycles. The molecule has 1 aromatic rings. The minimum absolute atomic E-state index is 0.0637. The molecular weight excluding hydrogens is 296 g/mol. The van der Waals surface area contributed by atoms with Crippen LogP contribution in [0.5, 0.6) is 5.75 Å². The molecule has 0 radical (unpaired) electrons. The van der Waals surface area contributed by atoms with Crippen molar-refractivity contribution in [1.29, 1.82) is 0 Å². The van der Waals surface area contributed by atoms with Crippen LogP contribution in [-0.4, -0.2) is 35.8 Å². The standard InChI is InChI=1S/C17H22N2O4/c20-19(21)16-13-15(23-17-5-1-4-12-22-17)7-6-14(16)8-11-18-9-2-3-10-18/h6-8,11,13,17H,1-5,9-10,12H2. The Balaban J connectivity index is 1.73. The summed E-state index contributed by atoms with van der Waals surface area (Å²) in [7, 11) is 0. The highest BCUT2D eigenvalue weighted by Crippen LogP contribution is 2.28. The smallest absolute Gasteiger partial charge is 0.280 e. The van der Waals surface area contributed by atoms with Crippen molar-refractivity contribution in [3.05, 3.63) is 40.1 Å². The quantitative estimate of drug-likeness (QED) is 0.613. The van der Waals surface area contributed by atoms with Gasteiger partial charge in [0.05, 0.1) is 23.2 Å². The van der Waals surface area contributed by atoms with E-state index in [1.165, 1.54) is 18.9 Å². The lowest BCUT2D eigenvalue weighted by molar-refractivity contribution is -0.385. The van der Waals surface area contributed by atoms with Crippen LogP contribution in [0.1, 0.15) is 37.7 Å². The van der Waals surface area contributed by atoms with Crippen LogP contribution in [0.25, 0.3) is 6.08 Å². The zero-order chi connectivity index (χ0) is 16.1. The van der Waals surface area contributed by atoms with Crippen LogP contribution in [0.2, 0.25) is 0 Å². The summed E-state index contributed by atoms with van der Waals surface area (Å²) in [5.41, 5.74) is 0.660. The number of ether oxygens (including phenoxy) is 2. The van der Waals surface area contributed by atoms with E-state index in [9.17, 15) is 10.1 Å². The van der Waals surface area contributed by atoms with Gasteiger partial charge < -0.3 is 14.4 Å². The highest BCUT2D eigenvalue weighted by atomic mass is 16.7. The van der Waals surface area contributed by atoms with Crippen LogP contribution >= 0.6 is 0 Å². The van der Waals surface area contributed by atoms with Gasteiger partial charge >= 0.3 is 0 Å². The van der Waals surface area contributed by atoms with Gasteiger partial charge in [0.25, 0.3) is 5.69 Å². The van der Waals surface area contributed by atoms with Crippen molar-refractivity contribution in [3.63, 3.8) is 0 Å².